The first kappa shape index (κ1) is 24.6. The van der Waals surface area contributed by atoms with Gasteiger partial charge in [-0.3, -0.25) is 14.4 Å². The lowest BCUT2D eigenvalue weighted by molar-refractivity contribution is -0.123. The van der Waals surface area contributed by atoms with E-state index >= 15 is 0 Å². The second-order valence-corrected chi connectivity index (χ2v) is 7.59. The summed E-state index contributed by atoms with van der Waals surface area (Å²) in [6, 6.07) is 11.9. The maximum absolute atomic E-state index is 12.7. The van der Waals surface area contributed by atoms with E-state index in [1.807, 2.05) is 24.3 Å². The number of amides is 3. The Kier molecular flexibility index (Phi) is 8.52. The van der Waals surface area contributed by atoms with Gasteiger partial charge < -0.3 is 20.7 Å². The summed E-state index contributed by atoms with van der Waals surface area (Å²) in [7, 11) is 0. The van der Waals surface area contributed by atoms with Crippen molar-refractivity contribution < 1.29 is 23.9 Å². The highest BCUT2D eigenvalue weighted by Crippen LogP contribution is 2.27. The van der Waals surface area contributed by atoms with Gasteiger partial charge in [0, 0.05) is 30.9 Å². The van der Waals surface area contributed by atoms with E-state index in [4.69, 9.17) is 4.74 Å². The molecule has 0 aromatic heterocycles. The van der Waals surface area contributed by atoms with Crippen LogP contribution in [0.2, 0.25) is 0 Å². The Morgan fingerprint density at radius 2 is 1.44 bits per heavy atom. The molecule has 8 heteroatoms. The first-order valence-corrected chi connectivity index (χ1v) is 10.4. The molecule has 0 saturated carbocycles. The summed E-state index contributed by atoms with van der Waals surface area (Å²) in [5.74, 6) is -1.64. The van der Waals surface area contributed by atoms with E-state index in [1.54, 1.807) is 0 Å². The Hall–Kier alpha value is -3.68. The number of hydrogen-bond acceptors (Lipinski definition) is 5. The van der Waals surface area contributed by atoms with Crippen molar-refractivity contribution in [2.24, 2.45) is 0 Å². The van der Waals surface area contributed by atoms with Gasteiger partial charge in [0.1, 0.15) is 0 Å². The van der Waals surface area contributed by atoms with Crippen molar-refractivity contribution in [3.63, 3.8) is 0 Å². The summed E-state index contributed by atoms with van der Waals surface area (Å²) < 4.78 is 5.34. The molecule has 0 aliphatic carbocycles. The van der Waals surface area contributed by atoms with Crippen molar-refractivity contribution in [2.75, 3.05) is 16.0 Å². The molecule has 0 bridgehead atoms. The predicted molar refractivity (Wildman–Crippen MR) is 124 cm³/mol. The maximum Gasteiger partial charge on any atom is 0.339 e. The predicted octanol–water partition coefficient (Wildman–Crippen LogP) is 4.30. The van der Waals surface area contributed by atoms with Gasteiger partial charge in [-0.2, -0.15) is 0 Å². The van der Waals surface area contributed by atoms with E-state index in [-0.39, 0.29) is 23.3 Å². The van der Waals surface area contributed by atoms with Crippen LogP contribution in [0.4, 0.5) is 17.1 Å². The van der Waals surface area contributed by atoms with E-state index in [0.29, 0.717) is 17.1 Å². The van der Waals surface area contributed by atoms with Gasteiger partial charge in [-0.15, -0.1) is 0 Å². The van der Waals surface area contributed by atoms with Crippen LogP contribution in [0.3, 0.4) is 0 Å². The van der Waals surface area contributed by atoms with Crippen LogP contribution in [0.25, 0.3) is 0 Å². The van der Waals surface area contributed by atoms with Crippen molar-refractivity contribution in [3.8, 4) is 0 Å². The van der Waals surface area contributed by atoms with E-state index in [2.05, 4.69) is 29.8 Å². The van der Waals surface area contributed by atoms with Crippen LogP contribution in [0.15, 0.2) is 42.5 Å². The fourth-order valence-electron chi connectivity index (χ4n) is 3.07. The van der Waals surface area contributed by atoms with Crippen molar-refractivity contribution in [1.29, 1.82) is 0 Å². The normalized spacial score (nSPS) is 12.3. The fourth-order valence-corrected chi connectivity index (χ4v) is 3.07. The van der Waals surface area contributed by atoms with Crippen LogP contribution in [-0.4, -0.2) is 29.8 Å². The number of hydrogen-bond donors (Lipinski definition) is 3. The SMILES string of the molecule is CC[C@@H](C)c1ccccc1NC(=O)[C@@H](C)OC(=O)c1cc(NC(C)=O)cc(NC(C)=O)c1. The average molecular weight is 440 g/mol. The molecule has 2 atom stereocenters. The molecule has 0 fully saturated rings. The van der Waals surface area contributed by atoms with Crippen LogP contribution < -0.4 is 16.0 Å². The summed E-state index contributed by atoms with van der Waals surface area (Å²) in [4.78, 5) is 48.1. The average Bonchev–Trinajstić information content (AvgIpc) is 2.72. The number of ether oxygens (including phenoxy) is 1. The smallest absolute Gasteiger partial charge is 0.339 e. The fraction of sp³-hybridized carbons (Fsp3) is 0.333. The minimum atomic E-state index is -1.07. The quantitative estimate of drug-likeness (QED) is 0.531. The van der Waals surface area contributed by atoms with E-state index < -0.39 is 18.0 Å². The summed E-state index contributed by atoms with van der Waals surface area (Å²) in [6.45, 7) is 8.27. The highest BCUT2D eigenvalue weighted by Gasteiger charge is 2.21. The van der Waals surface area contributed by atoms with Crippen LogP contribution in [0, 0.1) is 0 Å². The first-order valence-electron chi connectivity index (χ1n) is 10.4. The van der Waals surface area contributed by atoms with E-state index in [0.717, 1.165) is 12.0 Å². The van der Waals surface area contributed by atoms with Gasteiger partial charge in [-0.1, -0.05) is 32.0 Å². The lowest BCUT2D eigenvalue weighted by atomic mass is 9.97. The number of carbonyl (C=O) groups excluding carboxylic acids is 4. The molecule has 170 valence electrons. The van der Waals surface area contributed by atoms with E-state index in [9.17, 15) is 19.2 Å². The Balaban J connectivity index is 2.17. The second-order valence-electron chi connectivity index (χ2n) is 7.59. The third-order valence-electron chi connectivity index (χ3n) is 4.82. The van der Waals surface area contributed by atoms with Crippen LogP contribution in [0.1, 0.15) is 62.9 Å². The molecule has 0 unspecified atom stereocenters. The zero-order chi connectivity index (χ0) is 23.8. The molecule has 2 aromatic carbocycles. The van der Waals surface area contributed by atoms with Crippen molar-refractivity contribution >= 4 is 40.8 Å². The molecule has 3 amide bonds. The first-order chi connectivity index (χ1) is 15.1. The third-order valence-corrected chi connectivity index (χ3v) is 4.82. The largest absolute Gasteiger partial charge is 0.449 e. The monoisotopic (exact) mass is 439 g/mol. The number of carbonyl (C=O) groups is 4. The Morgan fingerprint density at radius 3 is 1.97 bits per heavy atom. The summed E-state index contributed by atoms with van der Waals surface area (Å²) >= 11 is 0. The van der Waals surface area contributed by atoms with Gasteiger partial charge in [0.25, 0.3) is 5.91 Å². The molecule has 8 nitrogen and oxygen atoms in total. The van der Waals surface area contributed by atoms with Gasteiger partial charge in [0.05, 0.1) is 5.56 Å². The zero-order valence-corrected chi connectivity index (χ0v) is 18.9. The standard InChI is InChI=1S/C24H29N3O5/c1-6-14(2)21-9-7-8-10-22(21)27-23(30)15(3)32-24(31)18-11-19(25-16(4)28)13-20(12-18)26-17(5)29/h7-15H,6H2,1-5H3,(H,25,28)(H,26,29)(H,27,30)/t14-,15-/m1/s1. The zero-order valence-electron chi connectivity index (χ0n) is 18.9. The number of esters is 1. The van der Waals surface area contributed by atoms with Crippen LogP contribution >= 0.6 is 0 Å². The minimum Gasteiger partial charge on any atom is -0.449 e. The van der Waals surface area contributed by atoms with Gasteiger partial charge in [-0.25, -0.2) is 4.79 Å². The van der Waals surface area contributed by atoms with Crippen LogP contribution in [0.5, 0.6) is 0 Å². The molecule has 0 aliphatic heterocycles. The molecule has 0 spiro atoms. The number of benzene rings is 2. The molecule has 0 aliphatic rings. The molecule has 0 heterocycles. The van der Waals surface area contributed by atoms with Crippen molar-refractivity contribution in [2.45, 2.75) is 53.1 Å². The van der Waals surface area contributed by atoms with Gasteiger partial charge >= 0.3 is 5.97 Å². The Morgan fingerprint density at radius 1 is 0.875 bits per heavy atom. The molecule has 2 aromatic rings. The molecule has 0 radical (unpaired) electrons. The Labute approximate surface area is 187 Å². The number of para-hydroxylation sites is 1. The van der Waals surface area contributed by atoms with Crippen molar-refractivity contribution in [3.05, 3.63) is 53.6 Å². The lowest BCUT2D eigenvalue weighted by Gasteiger charge is -2.18. The highest BCUT2D eigenvalue weighted by molar-refractivity contribution is 6.00. The van der Waals surface area contributed by atoms with E-state index in [1.165, 1.54) is 39.0 Å². The summed E-state index contributed by atoms with van der Waals surface area (Å²) in [6.07, 6.45) is -0.153. The number of nitrogens with one attached hydrogen (secondary N) is 3. The number of rotatable bonds is 8. The molecule has 3 N–H and O–H groups in total. The molecule has 0 saturated heterocycles. The lowest BCUT2D eigenvalue weighted by Crippen LogP contribution is -2.30. The van der Waals surface area contributed by atoms with Crippen molar-refractivity contribution in [1.82, 2.24) is 0 Å². The van der Waals surface area contributed by atoms with Gasteiger partial charge in [0.2, 0.25) is 11.8 Å². The van der Waals surface area contributed by atoms with Gasteiger partial charge in [0.15, 0.2) is 6.10 Å². The van der Waals surface area contributed by atoms with Crippen LogP contribution in [-0.2, 0) is 19.1 Å². The molecule has 32 heavy (non-hydrogen) atoms. The molecule has 2 rings (SSSR count). The molecular formula is C24H29N3O5. The minimum absolute atomic E-state index is 0.0830. The molecular weight excluding hydrogens is 410 g/mol. The summed E-state index contributed by atoms with van der Waals surface area (Å²) in [5.41, 5.74) is 2.39. The second kappa shape index (κ2) is 11.1. The topological polar surface area (TPSA) is 114 Å². The Bertz CT molecular complexity index is 984. The number of anilines is 3. The third kappa shape index (κ3) is 6.94. The van der Waals surface area contributed by atoms with Gasteiger partial charge in [-0.05, 0) is 49.1 Å². The highest BCUT2D eigenvalue weighted by atomic mass is 16.5. The summed E-state index contributed by atoms with van der Waals surface area (Å²) in [5, 5.41) is 7.96. The maximum atomic E-state index is 12.7.